The minimum absolute atomic E-state index is 0.158. The van der Waals surface area contributed by atoms with Crippen LogP contribution in [0.2, 0.25) is 10.0 Å². The summed E-state index contributed by atoms with van der Waals surface area (Å²) in [4.78, 5) is 21.3. The summed E-state index contributed by atoms with van der Waals surface area (Å²) in [5, 5.41) is 10.3. The van der Waals surface area contributed by atoms with Gasteiger partial charge in [-0.1, -0.05) is 71.7 Å². The summed E-state index contributed by atoms with van der Waals surface area (Å²) in [6, 6.07) is 31.4. The van der Waals surface area contributed by atoms with Crippen molar-refractivity contribution in [1.29, 1.82) is 0 Å². The van der Waals surface area contributed by atoms with E-state index in [0.717, 1.165) is 34.4 Å². The Morgan fingerprint density at radius 2 is 1.37 bits per heavy atom. The molecule has 1 heterocycles. The quantitative estimate of drug-likeness (QED) is 0.180. The second kappa shape index (κ2) is 12.5. The average molecular weight is 659 g/mol. The van der Waals surface area contributed by atoms with Crippen molar-refractivity contribution >= 4 is 41.1 Å². The molecule has 1 N–H and O–H groups in total. The number of rotatable bonds is 8. The van der Waals surface area contributed by atoms with Crippen LogP contribution in [0.5, 0.6) is 11.5 Å². The lowest BCUT2D eigenvalue weighted by Crippen LogP contribution is -2.23. The number of carboxylic acids is 1. The largest absolute Gasteiger partial charge is 0.478 e. The number of nitrogens with zero attached hydrogens (tertiary/aromatic N) is 2. The number of ether oxygens (including phenoxy) is 1. The van der Waals surface area contributed by atoms with Gasteiger partial charge in [-0.15, -0.1) is 0 Å². The van der Waals surface area contributed by atoms with Gasteiger partial charge in [0.05, 0.1) is 28.1 Å². The summed E-state index contributed by atoms with van der Waals surface area (Å²) < 4.78 is 44.2. The van der Waals surface area contributed by atoms with Crippen LogP contribution in [0.4, 0.5) is 13.2 Å². The van der Waals surface area contributed by atoms with E-state index < -0.39 is 23.4 Å². The molecule has 0 radical (unpaired) electrons. The van der Waals surface area contributed by atoms with Crippen molar-refractivity contribution in [3.8, 4) is 22.6 Å². The van der Waals surface area contributed by atoms with Gasteiger partial charge >= 0.3 is 12.1 Å². The van der Waals surface area contributed by atoms with Crippen LogP contribution < -0.4 is 4.74 Å². The number of alkyl halides is 3. The van der Waals surface area contributed by atoms with Crippen molar-refractivity contribution in [2.45, 2.75) is 18.3 Å². The maximum absolute atomic E-state index is 12.8. The van der Waals surface area contributed by atoms with E-state index in [1.165, 1.54) is 24.3 Å². The summed E-state index contributed by atoms with van der Waals surface area (Å²) in [6.45, 7) is 0. The zero-order valence-electron chi connectivity index (χ0n) is 23.8. The molecule has 0 saturated carbocycles. The van der Waals surface area contributed by atoms with E-state index in [1.807, 2.05) is 36.4 Å². The molecule has 46 heavy (non-hydrogen) atoms. The molecule has 1 unspecified atom stereocenters. The fourth-order valence-electron chi connectivity index (χ4n) is 5.12. The molecule has 0 amide bonds. The van der Waals surface area contributed by atoms with Crippen molar-refractivity contribution in [3.63, 3.8) is 0 Å². The van der Waals surface area contributed by atoms with Crippen LogP contribution in [0, 0.1) is 0 Å². The Morgan fingerprint density at radius 1 is 0.783 bits per heavy atom. The number of carboxylic acid groups (broad SMARTS) is 1. The van der Waals surface area contributed by atoms with Crippen molar-refractivity contribution in [1.82, 2.24) is 0 Å². The molecular weight excluding hydrogens is 636 g/mol. The van der Waals surface area contributed by atoms with Gasteiger partial charge in [-0.2, -0.15) is 13.2 Å². The lowest BCUT2D eigenvalue weighted by atomic mass is 9.91. The van der Waals surface area contributed by atoms with Crippen LogP contribution in [0.15, 0.2) is 125 Å². The number of benzene rings is 5. The van der Waals surface area contributed by atoms with E-state index in [9.17, 15) is 23.1 Å². The van der Waals surface area contributed by atoms with Crippen LogP contribution in [0.25, 0.3) is 11.1 Å². The molecule has 5 aromatic carbocycles. The molecule has 10 heteroatoms. The fraction of sp³-hybridized carbons (Fsp3) is 0.0833. The Morgan fingerprint density at radius 3 is 1.93 bits per heavy atom. The number of aromatic carboxylic acids is 1. The Labute approximate surface area is 272 Å². The number of hydrogen-bond donors (Lipinski definition) is 1. The zero-order chi connectivity index (χ0) is 32.5. The van der Waals surface area contributed by atoms with Crippen LogP contribution in [0.3, 0.4) is 0 Å². The molecular formula is C36H23Cl2F3N2O3. The van der Waals surface area contributed by atoms with Gasteiger partial charge in [0.2, 0.25) is 0 Å². The summed E-state index contributed by atoms with van der Waals surface area (Å²) >= 11 is 12.6. The second-order valence-electron chi connectivity index (χ2n) is 10.6. The molecule has 1 aliphatic rings. The van der Waals surface area contributed by atoms with E-state index in [-0.39, 0.29) is 5.56 Å². The monoisotopic (exact) mass is 658 g/mol. The lowest BCUT2D eigenvalue weighted by Gasteiger charge is -2.24. The first-order chi connectivity index (χ1) is 22.0. The number of hydrogen-bond acceptors (Lipinski definition) is 4. The molecule has 5 aromatic rings. The second-order valence-corrected chi connectivity index (χ2v) is 11.4. The van der Waals surface area contributed by atoms with Gasteiger partial charge in [0.15, 0.2) is 5.66 Å². The van der Waals surface area contributed by atoms with Gasteiger partial charge in [-0.25, -0.2) is 9.79 Å². The minimum Gasteiger partial charge on any atom is -0.478 e. The summed E-state index contributed by atoms with van der Waals surface area (Å²) in [5.74, 6) is -0.234. The van der Waals surface area contributed by atoms with Gasteiger partial charge in [0.25, 0.3) is 0 Å². The standard InChI is InChI=1S/C36H23Cl2F3N2O3/c37-28-13-18-31(32(38)19-28)33-21-42-35(43-33,26-9-5-25(6-10-26)34(44)45)20-22-1-3-23(4-2-22)24-7-14-29(15-8-24)46-30-16-11-27(12-17-30)36(39,40)41/h1-19,21H,20H2,(H,44,45). The molecule has 0 fully saturated rings. The molecule has 0 saturated heterocycles. The average Bonchev–Trinajstić information content (AvgIpc) is 3.46. The Kier molecular flexibility index (Phi) is 8.42. The van der Waals surface area contributed by atoms with Crippen LogP contribution in [-0.2, 0) is 18.3 Å². The first-order valence-corrected chi connectivity index (χ1v) is 14.7. The molecule has 0 bridgehead atoms. The highest BCUT2D eigenvalue weighted by Gasteiger charge is 2.35. The Balaban J connectivity index is 1.23. The third-order valence-corrected chi connectivity index (χ3v) is 8.06. The smallest absolute Gasteiger partial charge is 0.416 e. The number of carbonyl (C=O) groups is 1. The summed E-state index contributed by atoms with van der Waals surface area (Å²) in [6.07, 6.45) is -2.34. The van der Waals surface area contributed by atoms with E-state index in [0.29, 0.717) is 39.2 Å². The normalized spacial score (nSPS) is 15.9. The topological polar surface area (TPSA) is 71.2 Å². The third-order valence-electron chi connectivity index (χ3n) is 7.52. The first kappa shape index (κ1) is 31.1. The maximum Gasteiger partial charge on any atom is 0.416 e. The fourth-order valence-corrected chi connectivity index (χ4v) is 5.63. The number of halogens is 5. The maximum atomic E-state index is 12.8. The van der Waals surface area contributed by atoms with Crippen molar-refractivity contribution in [2.24, 2.45) is 9.98 Å². The number of aliphatic imine (C=N–C) groups is 2. The van der Waals surface area contributed by atoms with Crippen molar-refractivity contribution in [2.75, 3.05) is 0 Å². The predicted octanol–water partition coefficient (Wildman–Crippen LogP) is 10.1. The predicted molar refractivity (Wildman–Crippen MR) is 174 cm³/mol. The molecule has 5 nitrogen and oxygen atoms in total. The Bertz CT molecular complexity index is 1960. The van der Waals surface area contributed by atoms with Gasteiger partial charge in [0, 0.05) is 22.6 Å². The van der Waals surface area contributed by atoms with Gasteiger partial charge in [0.1, 0.15) is 11.5 Å². The lowest BCUT2D eigenvalue weighted by molar-refractivity contribution is -0.137. The minimum atomic E-state index is -4.41. The van der Waals surface area contributed by atoms with Crippen molar-refractivity contribution < 1.29 is 27.8 Å². The zero-order valence-corrected chi connectivity index (χ0v) is 25.3. The highest BCUT2D eigenvalue weighted by molar-refractivity contribution is 6.45. The molecule has 1 atom stereocenters. The highest BCUT2D eigenvalue weighted by Crippen LogP contribution is 2.37. The van der Waals surface area contributed by atoms with Gasteiger partial charge < -0.3 is 9.84 Å². The van der Waals surface area contributed by atoms with E-state index in [2.05, 4.69) is 0 Å². The van der Waals surface area contributed by atoms with Gasteiger partial charge in [-0.3, -0.25) is 4.99 Å². The molecule has 230 valence electrons. The third kappa shape index (κ3) is 6.68. The molecule has 6 rings (SSSR count). The summed E-state index contributed by atoms with van der Waals surface area (Å²) in [5.41, 5.74) is 3.16. The van der Waals surface area contributed by atoms with Crippen LogP contribution in [-0.4, -0.2) is 23.0 Å². The van der Waals surface area contributed by atoms with Gasteiger partial charge in [-0.05, 0) is 83.4 Å². The van der Waals surface area contributed by atoms with Crippen LogP contribution >= 0.6 is 23.2 Å². The van der Waals surface area contributed by atoms with Crippen molar-refractivity contribution in [3.05, 3.63) is 153 Å². The molecule has 0 aliphatic carbocycles. The summed E-state index contributed by atoms with van der Waals surface area (Å²) in [7, 11) is 0. The van der Waals surface area contributed by atoms with E-state index in [4.69, 9.17) is 37.9 Å². The van der Waals surface area contributed by atoms with Crippen LogP contribution in [0.1, 0.15) is 32.6 Å². The molecule has 0 spiro atoms. The SMILES string of the molecule is O=C(O)c1ccc(C2(Cc3ccc(-c4ccc(Oc5ccc(C(F)(F)F)cc5)cc4)cc3)N=CC(c3ccc(Cl)cc3Cl)=N2)cc1. The molecule has 0 aromatic heterocycles. The molecule has 1 aliphatic heterocycles. The van der Waals surface area contributed by atoms with E-state index in [1.54, 1.807) is 48.7 Å². The highest BCUT2D eigenvalue weighted by atomic mass is 35.5. The van der Waals surface area contributed by atoms with E-state index >= 15 is 0 Å². The first-order valence-electron chi connectivity index (χ1n) is 14.0. The Hall–Kier alpha value is -4.92.